The molecular weight excluding hydrogens is 367 g/mol. The van der Waals surface area contributed by atoms with Gasteiger partial charge < -0.3 is 5.11 Å². The molecule has 0 heterocycles. The summed E-state index contributed by atoms with van der Waals surface area (Å²) in [6, 6.07) is 10.8. The molecule has 3 nitrogen and oxygen atoms in total. The number of carboxylic acid groups (broad SMARTS) is 1. The van der Waals surface area contributed by atoms with Crippen LogP contribution in [0.2, 0.25) is 10.0 Å². The quantitative estimate of drug-likeness (QED) is 0.792. The smallest absolute Gasteiger partial charge is 0.306 e. The van der Waals surface area contributed by atoms with Crippen LogP contribution in [0.1, 0.15) is 23.6 Å². The molecule has 0 saturated heterocycles. The number of carbonyl (C=O) groups is 1. The van der Waals surface area contributed by atoms with Crippen LogP contribution in [0, 0.1) is 5.92 Å². The Labute approximate surface area is 154 Å². The van der Waals surface area contributed by atoms with Gasteiger partial charge in [0, 0.05) is 32.0 Å². The lowest BCUT2D eigenvalue weighted by atomic mass is 9.93. The van der Waals surface area contributed by atoms with E-state index in [4.69, 9.17) is 28.3 Å². The van der Waals surface area contributed by atoms with E-state index in [1.54, 1.807) is 31.4 Å². The zero-order valence-electron chi connectivity index (χ0n) is 13.4. The summed E-state index contributed by atoms with van der Waals surface area (Å²) >= 11 is 12.4. The number of benzene rings is 2. The predicted octanol–water partition coefficient (Wildman–Crippen LogP) is 4.58. The highest BCUT2D eigenvalue weighted by Gasteiger charge is 2.15. The van der Waals surface area contributed by atoms with E-state index in [9.17, 15) is 9.00 Å². The molecule has 0 spiro atoms. The first-order valence-electron chi connectivity index (χ1n) is 7.40. The lowest BCUT2D eigenvalue weighted by molar-refractivity contribution is -0.141. The first-order valence-corrected chi connectivity index (χ1v) is 9.71. The third-order valence-corrected chi connectivity index (χ3v) is 5.36. The molecule has 0 aliphatic heterocycles. The van der Waals surface area contributed by atoms with Crippen molar-refractivity contribution in [1.29, 1.82) is 0 Å². The Hall–Kier alpha value is -1.36. The molecule has 0 aliphatic carbocycles. The SMILES string of the molecule is CC(Cc1ccc(Cl)cc1Cc1ccc(S(C)=O)cc1Cl)C(=O)O. The molecule has 0 amide bonds. The number of halogens is 2. The van der Waals surface area contributed by atoms with Crippen LogP contribution in [0.3, 0.4) is 0 Å². The van der Waals surface area contributed by atoms with Gasteiger partial charge in [0.1, 0.15) is 0 Å². The molecule has 0 radical (unpaired) electrons. The van der Waals surface area contributed by atoms with Gasteiger partial charge in [0.2, 0.25) is 0 Å². The Bertz CT molecular complexity index is 790. The minimum absolute atomic E-state index is 0.427. The summed E-state index contributed by atoms with van der Waals surface area (Å²) in [7, 11) is -1.09. The number of hydrogen-bond donors (Lipinski definition) is 1. The Morgan fingerprint density at radius 1 is 1.12 bits per heavy atom. The van der Waals surface area contributed by atoms with E-state index in [1.165, 1.54) is 0 Å². The molecule has 24 heavy (non-hydrogen) atoms. The molecular formula is C18H18Cl2O3S. The lowest BCUT2D eigenvalue weighted by Gasteiger charge is -2.14. The van der Waals surface area contributed by atoms with Gasteiger partial charge in [-0.2, -0.15) is 0 Å². The van der Waals surface area contributed by atoms with Crippen molar-refractivity contribution in [2.45, 2.75) is 24.7 Å². The highest BCUT2D eigenvalue weighted by Crippen LogP contribution is 2.26. The zero-order valence-corrected chi connectivity index (χ0v) is 15.7. The van der Waals surface area contributed by atoms with Crippen molar-refractivity contribution >= 4 is 40.0 Å². The zero-order chi connectivity index (χ0) is 17.9. The largest absolute Gasteiger partial charge is 0.481 e. The fraction of sp³-hybridized carbons (Fsp3) is 0.278. The summed E-state index contributed by atoms with van der Waals surface area (Å²) in [5, 5.41) is 10.3. The van der Waals surface area contributed by atoms with Crippen molar-refractivity contribution in [3.63, 3.8) is 0 Å². The fourth-order valence-electron chi connectivity index (χ4n) is 2.43. The van der Waals surface area contributed by atoms with Gasteiger partial charge in [-0.3, -0.25) is 9.00 Å². The first-order chi connectivity index (χ1) is 11.3. The molecule has 0 saturated carbocycles. The molecule has 0 fully saturated rings. The Kier molecular flexibility index (Phi) is 6.44. The summed E-state index contributed by atoms with van der Waals surface area (Å²) in [6.45, 7) is 1.68. The monoisotopic (exact) mass is 384 g/mol. The van der Waals surface area contributed by atoms with Gasteiger partial charge in [0.25, 0.3) is 0 Å². The van der Waals surface area contributed by atoms with Crippen LogP contribution in [0.4, 0.5) is 0 Å². The second-order valence-electron chi connectivity index (χ2n) is 5.74. The molecule has 2 rings (SSSR count). The van der Waals surface area contributed by atoms with Gasteiger partial charge in [-0.25, -0.2) is 0 Å². The highest BCUT2D eigenvalue weighted by molar-refractivity contribution is 7.84. The molecule has 6 heteroatoms. The van der Waals surface area contributed by atoms with Crippen molar-refractivity contribution in [3.8, 4) is 0 Å². The second-order valence-corrected chi connectivity index (χ2v) is 7.96. The average Bonchev–Trinajstić information content (AvgIpc) is 2.51. The van der Waals surface area contributed by atoms with Crippen LogP contribution < -0.4 is 0 Å². The van der Waals surface area contributed by atoms with Gasteiger partial charge in [0.15, 0.2) is 0 Å². The maximum Gasteiger partial charge on any atom is 0.306 e. The van der Waals surface area contributed by atoms with E-state index >= 15 is 0 Å². The summed E-state index contributed by atoms with van der Waals surface area (Å²) in [6.07, 6.45) is 2.57. The number of rotatable bonds is 6. The van der Waals surface area contributed by atoms with Crippen molar-refractivity contribution in [1.82, 2.24) is 0 Å². The topological polar surface area (TPSA) is 54.4 Å². The standard InChI is InChI=1S/C18H18Cl2O3S/c1-11(18(21)22)7-12-3-5-15(19)9-14(12)8-13-4-6-16(24(2)23)10-17(13)20/h3-6,9-11H,7-8H2,1-2H3,(H,21,22). The Balaban J connectivity index is 2.33. The van der Waals surface area contributed by atoms with Gasteiger partial charge in [-0.05, 0) is 53.8 Å². The van der Waals surface area contributed by atoms with E-state index < -0.39 is 22.7 Å². The molecule has 1 N–H and O–H groups in total. The minimum Gasteiger partial charge on any atom is -0.481 e. The first kappa shape index (κ1) is 19.0. The van der Waals surface area contributed by atoms with Crippen LogP contribution in [0.15, 0.2) is 41.3 Å². The molecule has 0 bridgehead atoms. The summed E-state index contributed by atoms with van der Waals surface area (Å²) in [5.41, 5.74) is 2.77. The van der Waals surface area contributed by atoms with Crippen LogP contribution in [-0.4, -0.2) is 21.5 Å². The van der Waals surface area contributed by atoms with Crippen molar-refractivity contribution in [2.24, 2.45) is 5.92 Å². The van der Waals surface area contributed by atoms with Crippen molar-refractivity contribution in [2.75, 3.05) is 6.26 Å². The normalized spacial score (nSPS) is 13.5. The molecule has 2 aromatic rings. The maximum absolute atomic E-state index is 11.5. The highest BCUT2D eigenvalue weighted by atomic mass is 35.5. The van der Waals surface area contributed by atoms with Crippen LogP contribution >= 0.6 is 23.2 Å². The van der Waals surface area contributed by atoms with E-state index in [1.807, 2.05) is 18.2 Å². The molecule has 2 aromatic carbocycles. The van der Waals surface area contributed by atoms with E-state index in [-0.39, 0.29) is 0 Å². The maximum atomic E-state index is 11.5. The van der Waals surface area contributed by atoms with E-state index in [0.717, 1.165) is 16.7 Å². The summed E-state index contributed by atoms with van der Waals surface area (Å²) in [4.78, 5) is 11.8. The number of hydrogen-bond acceptors (Lipinski definition) is 2. The second kappa shape index (κ2) is 8.15. The van der Waals surface area contributed by atoms with Gasteiger partial charge >= 0.3 is 5.97 Å². The lowest BCUT2D eigenvalue weighted by Crippen LogP contribution is -2.13. The molecule has 0 aromatic heterocycles. The summed E-state index contributed by atoms with van der Waals surface area (Å²) in [5.74, 6) is -1.31. The minimum atomic E-state index is -1.09. The molecule has 128 valence electrons. The van der Waals surface area contributed by atoms with Gasteiger partial charge in [-0.1, -0.05) is 42.3 Å². The van der Waals surface area contributed by atoms with Crippen LogP contribution in [-0.2, 0) is 28.4 Å². The van der Waals surface area contributed by atoms with Crippen LogP contribution in [0.5, 0.6) is 0 Å². The number of carboxylic acids is 1. The Morgan fingerprint density at radius 3 is 2.38 bits per heavy atom. The molecule has 2 unspecified atom stereocenters. The van der Waals surface area contributed by atoms with Crippen molar-refractivity contribution in [3.05, 3.63) is 63.1 Å². The number of aliphatic carboxylic acids is 1. The summed E-state index contributed by atoms with van der Waals surface area (Å²) < 4.78 is 11.5. The molecule has 2 atom stereocenters. The van der Waals surface area contributed by atoms with Gasteiger partial charge in [0.05, 0.1) is 5.92 Å². The third-order valence-electron chi connectivity index (χ3n) is 3.85. The van der Waals surface area contributed by atoms with Crippen molar-refractivity contribution < 1.29 is 14.1 Å². The predicted molar refractivity (Wildman–Crippen MR) is 98.5 cm³/mol. The van der Waals surface area contributed by atoms with E-state index in [0.29, 0.717) is 27.8 Å². The van der Waals surface area contributed by atoms with E-state index in [2.05, 4.69) is 0 Å². The molecule has 0 aliphatic rings. The van der Waals surface area contributed by atoms with Crippen LogP contribution in [0.25, 0.3) is 0 Å². The Morgan fingerprint density at radius 2 is 1.79 bits per heavy atom. The van der Waals surface area contributed by atoms with Gasteiger partial charge in [-0.15, -0.1) is 0 Å². The fourth-order valence-corrected chi connectivity index (χ4v) is 3.48. The third kappa shape index (κ3) is 4.82. The average molecular weight is 385 g/mol.